The molecule has 0 saturated heterocycles. The molecule has 1 aliphatic rings. The maximum Gasteiger partial charge on any atom is 0.315 e. The molecule has 3 aromatic rings. The van der Waals surface area contributed by atoms with Crippen LogP contribution in [0.1, 0.15) is 55.1 Å². The fraction of sp³-hybridized carbons (Fsp3) is 0.360. The van der Waals surface area contributed by atoms with E-state index in [2.05, 4.69) is 27.9 Å². The Labute approximate surface area is 182 Å². The molecule has 6 heteroatoms. The van der Waals surface area contributed by atoms with Crippen LogP contribution in [0, 0.1) is 5.82 Å². The van der Waals surface area contributed by atoms with E-state index in [4.69, 9.17) is 0 Å². The second-order valence-corrected chi connectivity index (χ2v) is 8.83. The van der Waals surface area contributed by atoms with Crippen molar-refractivity contribution in [3.05, 3.63) is 89.0 Å². The summed E-state index contributed by atoms with van der Waals surface area (Å²) in [7, 11) is 0. The lowest BCUT2D eigenvalue weighted by molar-refractivity contribution is 0.232. The van der Waals surface area contributed by atoms with Crippen LogP contribution in [0.4, 0.5) is 9.18 Å². The van der Waals surface area contributed by atoms with E-state index in [1.807, 2.05) is 49.0 Å². The van der Waals surface area contributed by atoms with Crippen molar-refractivity contribution in [1.29, 1.82) is 0 Å². The van der Waals surface area contributed by atoms with Gasteiger partial charge in [-0.1, -0.05) is 62.4 Å². The monoisotopic (exact) mass is 420 g/mol. The number of amides is 2. The molecule has 1 heterocycles. The van der Waals surface area contributed by atoms with Gasteiger partial charge in [-0.25, -0.2) is 9.18 Å². The lowest BCUT2D eigenvalue weighted by Crippen LogP contribution is -2.44. The van der Waals surface area contributed by atoms with Crippen molar-refractivity contribution in [3.8, 4) is 0 Å². The van der Waals surface area contributed by atoms with Crippen molar-refractivity contribution in [2.45, 2.75) is 51.1 Å². The zero-order chi connectivity index (χ0) is 21.8. The minimum absolute atomic E-state index is 0.0650. The molecule has 0 saturated carbocycles. The molecular formula is C25H29FN4O. The largest absolute Gasteiger partial charge is 0.337 e. The molecule has 5 nitrogen and oxygen atoms in total. The van der Waals surface area contributed by atoms with Crippen LogP contribution in [0.15, 0.2) is 60.8 Å². The first-order valence-corrected chi connectivity index (χ1v) is 10.8. The summed E-state index contributed by atoms with van der Waals surface area (Å²) in [4.78, 5) is 12.6. The minimum atomic E-state index is -0.513. The van der Waals surface area contributed by atoms with Crippen LogP contribution in [0.2, 0.25) is 0 Å². The van der Waals surface area contributed by atoms with Gasteiger partial charge in [-0.2, -0.15) is 5.10 Å². The van der Waals surface area contributed by atoms with Crippen LogP contribution in [-0.2, 0) is 18.4 Å². The number of carbonyl (C=O) groups excluding carboxylic acids is 1. The van der Waals surface area contributed by atoms with Crippen molar-refractivity contribution >= 4 is 6.03 Å². The van der Waals surface area contributed by atoms with E-state index in [1.165, 1.54) is 17.3 Å². The predicted molar refractivity (Wildman–Crippen MR) is 119 cm³/mol. The van der Waals surface area contributed by atoms with Gasteiger partial charge in [0.15, 0.2) is 0 Å². The van der Waals surface area contributed by atoms with E-state index < -0.39 is 5.41 Å². The van der Waals surface area contributed by atoms with Gasteiger partial charge < -0.3 is 10.6 Å². The summed E-state index contributed by atoms with van der Waals surface area (Å²) in [5.74, 6) is -0.252. The molecule has 1 aliphatic carbocycles. The first kappa shape index (κ1) is 21.1. The first-order valence-electron chi connectivity index (χ1n) is 10.8. The third-order valence-corrected chi connectivity index (χ3v) is 6.04. The Morgan fingerprint density at radius 3 is 2.68 bits per heavy atom. The van der Waals surface area contributed by atoms with Crippen LogP contribution in [0.5, 0.6) is 0 Å². The maximum atomic E-state index is 14.2. The molecule has 1 aromatic heterocycles. The lowest BCUT2D eigenvalue weighted by atomic mass is 9.84. The second-order valence-electron chi connectivity index (χ2n) is 8.83. The average Bonchev–Trinajstić information content (AvgIpc) is 3.17. The summed E-state index contributed by atoms with van der Waals surface area (Å²) in [6, 6.07) is 16.7. The third kappa shape index (κ3) is 4.79. The Morgan fingerprint density at radius 2 is 1.90 bits per heavy atom. The van der Waals surface area contributed by atoms with Crippen LogP contribution in [0.25, 0.3) is 0 Å². The molecule has 31 heavy (non-hydrogen) atoms. The summed E-state index contributed by atoms with van der Waals surface area (Å²) in [6.07, 6.45) is 4.72. The fourth-order valence-electron chi connectivity index (χ4n) is 4.28. The van der Waals surface area contributed by atoms with E-state index >= 15 is 0 Å². The zero-order valence-electron chi connectivity index (χ0n) is 18.1. The molecule has 0 bridgehead atoms. The van der Waals surface area contributed by atoms with Crippen molar-refractivity contribution in [2.24, 2.45) is 0 Å². The van der Waals surface area contributed by atoms with Gasteiger partial charge in [-0.3, -0.25) is 4.68 Å². The smallest absolute Gasteiger partial charge is 0.315 e. The standard InChI is InChI=1S/C25H29FN4O/c1-25(2,20-11-6-7-12-21(20)26)17-27-24(31)29-22-13-8-14-23-19(22)15-28-30(23)16-18-9-4-3-5-10-18/h3-7,9-12,15,22H,8,13-14,16-17H2,1-2H3,(H2,27,29,31). The van der Waals surface area contributed by atoms with Gasteiger partial charge in [0, 0.05) is 23.2 Å². The van der Waals surface area contributed by atoms with E-state index in [0.29, 0.717) is 12.1 Å². The quantitative estimate of drug-likeness (QED) is 0.606. The summed E-state index contributed by atoms with van der Waals surface area (Å²) >= 11 is 0. The maximum absolute atomic E-state index is 14.2. The Hall–Kier alpha value is -3.15. The molecule has 162 valence electrons. The molecule has 0 radical (unpaired) electrons. The molecular weight excluding hydrogens is 391 g/mol. The Bertz CT molecular complexity index is 1040. The number of fused-ring (bicyclic) bond motifs is 1. The fourth-order valence-corrected chi connectivity index (χ4v) is 4.28. The van der Waals surface area contributed by atoms with E-state index in [-0.39, 0.29) is 17.9 Å². The minimum Gasteiger partial charge on any atom is -0.337 e. The molecule has 0 spiro atoms. The van der Waals surface area contributed by atoms with Gasteiger partial charge in [-0.05, 0) is 36.5 Å². The Balaban J connectivity index is 1.39. The average molecular weight is 421 g/mol. The summed E-state index contributed by atoms with van der Waals surface area (Å²) in [5, 5.41) is 10.6. The number of hydrogen-bond acceptors (Lipinski definition) is 2. The van der Waals surface area contributed by atoms with E-state index in [1.54, 1.807) is 12.1 Å². The van der Waals surface area contributed by atoms with Gasteiger partial charge in [0.25, 0.3) is 0 Å². The van der Waals surface area contributed by atoms with Crippen LogP contribution < -0.4 is 10.6 Å². The number of aromatic nitrogens is 2. The molecule has 2 N–H and O–H groups in total. The van der Waals surface area contributed by atoms with Gasteiger partial charge in [0.1, 0.15) is 5.82 Å². The second kappa shape index (κ2) is 8.92. The molecule has 1 unspecified atom stereocenters. The van der Waals surface area contributed by atoms with Crippen LogP contribution >= 0.6 is 0 Å². The van der Waals surface area contributed by atoms with E-state index in [0.717, 1.165) is 31.4 Å². The van der Waals surface area contributed by atoms with Gasteiger partial charge in [-0.15, -0.1) is 0 Å². The van der Waals surface area contributed by atoms with Crippen molar-refractivity contribution in [2.75, 3.05) is 6.54 Å². The van der Waals surface area contributed by atoms with Crippen LogP contribution in [0.3, 0.4) is 0 Å². The number of benzene rings is 2. The number of carbonyl (C=O) groups is 1. The molecule has 0 aliphatic heterocycles. The summed E-state index contributed by atoms with van der Waals surface area (Å²) in [5.41, 5.74) is 3.56. The number of rotatable bonds is 6. The van der Waals surface area contributed by atoms with E-state index in [9.17, 15) is 9.18 Å². The molecule has 2 aromatic carbocycles. The van der Waals surface area contributed by atoms with Gasteiger partial charge in [0.2, 0.25) is 0 Å². The van der Waals surface area contributed by atoms with Crippen molar-refractivity contribution in [3.63, 3.8) is 0 Å². The topological polar surface area (TPSA) is 59.0 Å². The number of nitrogens with zero attached hydrogens (tertiary/aromatic N) is 2. The molecule has 0 fully saturated rings. The summed E-state index contributed by atoms with van der Waals surface area (Å²) < 4.78 is 16.2. The highest BCUT2D eigenvalue weighted by Crippen LogP contribution is 2.30. The lowest BCUT2D eigenvalue weighted by Gasteiger charge is -2.28. The first-order chi connectivity index (χ1) is 14.9. The number of halogens is 1. The third-order valence-electron chi connectivity index (χ3n) is 6.04. The number of hydrogen-bond donors (Lipinski definition) is 2. The normalized spacial score (nSPS) is 15.9. The predicted octanol–water partition coefficient (Wildman–Crippen LogP) is 4.72. The Morgan fingerprint density at radius 1 is 1.16 bits per heavy atom. The number of nitrogens with one attached hydrogen (secondary N) is 2. The van der Waals surface area contributed by atoms with Crippen LogP contribution in [-0.4, -0.2) is 22.4 Å². The van der Waals surface area contributed by atoms with Gasteiger partial charge in [0.05, 0.1) is 18.8 Å². The highest BCUT2D eigenvalue weighted by Gasteiger charge is 2.28. The summed E-state index contributed by atoms with van der Waals surface area (Å²) in [6.45, 7) is 4.93. The SMILES string of the molecule is CC(C)(CNC(=O)NC1CCCc2c1cnn2Cc1ccccc1)c1ccccc1F. The number of urea groups is 1. The zero-order valence-corrected chi connectivity index (χ0v) is 18.1. The Kier molecular flexibility index (Phi) is 6.07. The van der Waals surface area contributed by atoms with Crippen molar-refractivity contribution in [1.82, 2.24) is 20.4 Å². The van der Waals surface area contributed by atoms with Crippen molar-refractivity contribution < 1.29 is 9.18 Å². The molecule has 2 amide bonds. The highest BCUT2D eigenvalue weighted by molar-refractivity contribution is 5.74. The molecule has 4 rings (SSSR count). The highest BCUT2D eigenvalue weighted by atomic mass is 19.1. The molecule has 1 atom stereocenters. The van der Waals surface area contributed by atoms with Gasteiger partial charge >= 0.3 is 6.03 Å².